The van der Waals surface area contributed by atoms with Crippen LogP contribution in [0.15, 0.2) is 30.3 Å². The molecule has 5 heteroatoms. The highest BCUT2D eigenvalue weighted by Crippen LogP contribution is 2.40. The number of aliphatic hydroxyl groups is 1. The molecule has 1 heterocycles. The van der Waals surface area contributed by atoms with Gasteiger partial charge in [-0.05, 0) is 18.4 Å². The fourth-order valence-electron chi connectivity index (χ4n) is 4.57. The molecule has 0 spiro atoms. The Bertz CT molecular complexity index is 586. The van der Waals surface area contributed by atoms with Gasteiger partial charge in [0.15, 0.2) is 5.60 Å². The van der Waals surface area contributed by atoms with Crippen LogP contribution >= 0.6 is 0 Å². The van der Waals surface area contributed by atoms with Crippen molar-refractivity contribution in [1.82, 2.24) is 0 Å². The average molecular weight is 426 g/mol. The van der Waals surface area contributed by atoms with E-state index < -0.39 is 11.6 Å². The first kappa shape index (κ1) is 21.4. The number of hydrogen-bond acceptors (Lipinski definition) is 3. The lowest BCUT2D eigenvalue weighted by atomic mass is 9.73. The lowest BCUT2D eigenvalue weighted by Crippen LogP contribution is -3.00. The lowest BCUT2D eigenvalue weighted by Gasteiger charge is -2.37. The summed E-state index contributed by atoms with van der Waals surface area (Å²) in [6.45, 7) is 1.52. The second kappa shape index (κ2) is 8.85. The van der Waals surface area contributed by atoms with E-state index in [9.17, 15) is 9.90 Å². The molecule has 1 aromatic carbocycles. The van der Waals surface area contributed by atoms with Crippen molar-refractivity contribution >= 4 is 5.97 Å². The van der Waals surface area contributed by atoms with Crippen LogP contribution in [0.25, 0.3) is 0 Å². The summed E-state index contributed by atoms with van der Waals surface area (Å²) in [4.78, 5) is 13.1. The van der Waals surface area contributed by atoms with E-state index in [0.717, 1.165) is 43.1 Å². The molecule has 0 bridgehead atoms. The Morgan fingerprint density at radius 2 is 1.77 bits per heavy atom. The van der Waals surface area contributed by atoms with Crippen molar-refractivity contribution in [2.24, 2.45) is 5.92 Å². The maximum absolute atomic E-state index is 13.1. The molecule has 0 radical (unpaired) electrons. The number of hydrogen-bond donors (Lipinski definition) is 1. The summed E-state index contributed by atoms with van der Waals surface area (Å²) in [5, 5.41) is 11.5. The number of rotatable bonds is 5. The number of halogens is 1. The van der Waals surface area contributed by atoms with Crippen LogP contribution in [0.2, 0.25) is 0 Å². The van der Waals surface area contributed by atoms with Crippen molar-refractivity contribution in [2.45, 2.75) is 56.6 Å². The van der Waals surface area contributed by atoms with Crippen molar-refractivity contribution in [3.63, 3.8) is 0 Å². The number of likely N-dealkylation sites (N-methyl/N-ethyl adjacent to an activating group) is 1. The molecule has 2 fully saturated rings. The van der Waals surface area contributed by atoms with Crippen LogP contribution in [0, 0.1) is 5.92 Å². The van der Waals surface area contributed by atoms with Crippen LogP contribution in [0.4, 0.5) is 0 Å². The molecule has 1 aromatic rings. The zero-order valence-electron chi connectivity index (χ0n) is 16.0. The van der Waals surface area contributed by atoms with Gasteiger partial charge in [0.25, 0.3) is 0 Å². The third kappa shape index (κ3) is 4.32. The van der Waals surface area contributed by atoms with Gasteiger partial charge < -0.3 is 31.3 Å². The van der Waals surface area contributed by atoms with E-state index in [0.29, 0.717) is 18.2 Å². The highest BCUT2D eigenvalue weighted by molar-refractivity contribution is 5.81. The van der Waals surface area contributed by atoms with E-state index in [-0.39, 0.29) is 22.9 Å². The van der Waals surface area contributed by atoms with E-state index in [4.69, 9.17) is 4.74 Å². The lowest BCUT2D eigenvalue weighted by molar-refractivity contribution is -0.902. The summed E-state index contributed by atoms with van der Waals surface area (Å²) in [6.07, 6.45) is 7.33. The highest BCUT2D eigenvalue weighted by atomic mass is 79.9. The minimum atomic E-state index is -1.52. The minimum Gasteiger partial charge on any atom is -1.00 e. The van der Waals surface area contributed by atoms with Gasteiger partial charge in [-0.2, -0.15) is 0 Å². The third-order valence-electron chi connectivity index (χ3n) is 6.39. The van der Waals surface area contributed by atoms with Crippen molar-refractivity contribution in [2.75, 3.05) is 27.2 Å². The van der Waals surface area contributed by atoms with E-state index in [1.54, 1.807) is 0 Å². The van der Waals surface area contributed by atoms with E-state index in [1.807, 2.05) is 30.3 Å². The van der Waals surface area contributed by atoms with Crippen LogP contribution in [0.5, 0.6) is 0 Å². The number of carbonyl (C=O) groups excluding carboxylic acids is 1. The Kier molecular flexibility index (Phi) is 7.28. The molecule has 2 unspecified atom stereocenters. The monoisotopic (exact) mass is 425 g/mol. The molecular formula is C21H32BrNO3. The molecule has 2 aliphatic rings. The number of ether oxygens (including phenoxy) is 1. The maximum atomic E-state index is 13.1. The fourth-order valence-corrected chi connectivity index (χ4v) is 4.57. The number of nitrogens with zero attached hydrogens (tertiary/aromatic N) is 1. The number of likely N-dealkylation sites (tertiary alicyclic amines) is 1. The summed E-state index contributed by atoms with van der Waals surface area (Å²) in [6, 6.07) is 9.71. The van der Waals surface area contributed by atoms with Crippen LogP contribution in [-0.2, 0) is 15.1 Å². The quantitative estimate of drug-likeness (QED) is 0.542. The molecule has 1 saturated heterocycles. The number of benzene rings is 1. The van der Waals surface area contributed by atoms with Crippen molar-refractivity contribution in [3.05, 3.63) is 35.9 Å². The fraction of sp³-hybridized carbons (Fsp3) is 0.667. The largest absolute Gasteiger partial charge is 1.00 e. The van der Waals surface area contributed by atoms with Crippen LogP contribution in [0.1, 0.15) is 50.5 Å². The van der Waals surface area contributed by atoms with Gasteiger partial charge in [-0.3, -0.25) is 0 Å². The predicted octanol–water partition coefficient (Wildman–Crippen LogP) is 0.241. The topological polar surface area (TPSA) is 46.5 Å². The molecule has 4 nitrogen and oxygen atoms in total. The van der Waals surface area contributed by atoms with Gasteiger partial charge in [-0.1, -0.05) is 49.6 Å². The molecule has 3 rings (SSSR count). The minimum absolute atomic E-state index is 0. The molecule has 1 N–H and O–H groups in total. The Morgan fingerprint density at radius 1 is 1.12 bits per heavy atom. The van der Waals surface area contributed by atoms with Gasteiger partial charge in [0, 0.05) is 18.8 Å². The van der Waals surface area contributed by atoms with Gasteiger partial charge in [0.2, 0.25) is 0 Å². The van der Waals surface area contributed by atoms with Gasteiger partial charge >= 0.3 is 5.97 Å². The van der Waals surface area contributed by atoms with Gasteiger partial charge in [-0.25, -0.2) is 4.79 Å². The molecule has 146 valence electrons. The van der Waals surface area contributed by atoms with Crippen molar-refractivity contribution in [1.29, 1.82) is 0 Å². The van der Waals surface area contributed by atoms with Crippen LogP contribution < -0.4 is 17.0 Å². The second-order valence-electron chi connectivity index (χ2n) is 8.36. The second-order valence-corrected chi connectivity index (χ2v) is 8.36. The Morgan fingerprint density at radius 3 is 2.35 bits per heavy atom. The van der Waals surface area contributed by atoms with Crippen molar-refractivity contribution < 1.29 is 36.1 Å². The molecule has 1 saturated carbocycles. The molecule has 0 amide bonds. The zero-order chi connectivity index (χ0) is 17.9. The molecular weight excluding hydrogens is 394 g/mol. The first-order valence-electron chi connectivity index (χ1n) is 9.72. The normalized spacial score (nSPS) is 25.1. The van der Waals surface area contributed by atoms with Gasteiger partial charge in [0.1, 0.15) is 12.6 Å². The first-order valence-corrected chi connectivity index (χ1v) is 9.72. The molecule has 1 aliphatic carbocycles. The summed E-state index contributed by atoms with van der Waals surface area (Å²) in [7, 11) is 4.38. The summed E-state index contributed by atoms with van der Waals surface area (Å²) < 4.78 is 6.62. The smallest absolute Gasteiger partial charge is 0.343 e. The van der Waals surface area contributed by atoms with Gasteiger partial charge in [-0.15, -0.1) is 0 Å². The maximum Gasteiger partial charge on any atom is 0.343 e. The summed E-state index contributed by atoms with van der Waals surface area (Å²) >= 11 is 0. The number of esters is 1. The molecule has 2 atom stereocenters. The standard InChI is InChI=1S/C21H32NO3.BrH/c1-22(2)15-9-14-19(22)16-25-20(23)21(24,17-10-5-3-6-11-17)18-12-7-4-8-13-18;/h3,5-6,10-11,18-19,24H,4,7-9,12-16H2,1-2H3;1H/q+1;/p-1. The van der Waals surface area contributed by atoms with E-state index >= 15 is 0 Å². The van der Waals surface area contributed by atoms with Crippen LogP contribution in [-0.4, -0.2) is 48.8 Å². The molecule has 1 aliphatic heterocycles. The van der Waals surface area contributed by atoms with Crippen LogP contribution in [0.3, 0.4) is 0 Å². The third-order valence-corrected chi connectivity index (χ3v) is 6.39. The van der Waals surface area contributed by atoms with E-state index in [1.165, 1.54) is 12.8 Å². The molecule has 26 heavy (non-hydrogen) atoms. The molecule has 0 aromatic heterocycles. The Balaban J connectivity index is 0.00000243. The van der Waals surface area contributed by atoms with E-state index in [2.05, 4.69) is 14.1 Å². The zero-order valence-corrected chi connectivity index (χ0v) is 17.6. The number of quaternary nitrogens is 1. The first-order chi connectivity index (χ1) is 11.9. The number of carbonyl (C=O) groups is 1. The predicted molar refractivity (Wildman–Crippen MR) is 97.9 cm³/mol. The average Bonchev–Trinajstić information content (AvgIpc) is 2.98. The summed E-state index contributed by atoms with van der Waals surface area (Å²) in [5.41, 5.74) is -0.843. The highest BCUT2D eigenvalue weighted by Gasteiger charge is 2.48. The SMILES string of the molecule is C[N+]1(C)CCCC1COC(=O)C(O)(c1ccccc1)C1CCCCC1.[Br-]. The van der Waals surface area contributed by atoms with Crippen molar-refractivity contribution in [3.8, 4) is 0 Å². The Hall–Kier alpha value is -0.910. The Labute approximate surface area is 167 Å². The van der Waals surface area contributed by atoms with Gasteiger partial charge in [0.05, 0.1) is 20.6 Å². The summed E-state index contributed by atoms with van der Waals surface area (Å²) in [5.74, 6) is -0.514.